The molecular weight excluding hydrogens is 214 g/mol. The van der Waals surface area contributed by atoms with Gasteiger partial charge < -0.3 is 9.57 Å². The van der Waals surface area contributed by atoms with Crippen LogP contribution < -0.4 is 10.2 Å². The SMILES string of the molecule is CCCOc1cccc(CNOCC(C)C)c1. The highest BCUT2D eigenvalue weighted by molar-refractivity contribution is 5.28. The summed E-state index contributed by atoms with van der Waals surface area (Å²) in [6, 6.07) is 8.09. The lowest BCUT2D eigenvalue weighted by Gasteiger charge is -2.09. The van der Waals surface area contributed by atoms with Crippen LogP contribution in [0.5, 0.6) is 5.75 Å². The number of ether oxygens (including phenoxy) is 1. The molecule has 0 saturated carbocycles. The number of benzene rings is 1. The van der Waals surface area contributed by atoms with Crippen LogP contribution in [0.1, 0.15) is 32.8 Å². The van der Waals surface area contributed by atoms with Crippen LogP contribution in [0, 0.1) is 5.92 Å². The topological polar surface area (TPSA) is 30.5 Å². The van der Waals surface area contributed by atoms with Gasteiger partial charge in [0.15, 0.2) is 0 Å². The van der Waals surface area contributed by atoms with Gasteiger partial charge >= 0.3 is 0 Å². The Morgan fingerprint density at radius 1 is 1.29 bits per heavy atom. The summed E-state index contributed by atoms with van der Waals surface area (Å²) in [5.74, 6) is 1.47. The fourth-order valence-corrected chi connectivity index (χ4v) is 1.33. The Balaban J connectivity index is 2.32. The minimum atomic E-state index is 0.543. The maximum atomic E-state index is 5.57. The molecule has 0 saturated heterocycles. The maximum Gasteiger partial charge on any atom is 0.119 e. The standard InChI is InChI=1S/C14H23NO2/c1-4-8-16-14-7-5-6-13(9-14)10-15-17-11-12(2)3/h5-7,9,12,15H,4,8,10-11H2,1-3H3. The van der Waals surface area contributed by atoms with E-state index in [-0.39, 0.29) is 0 Å². The van der Waals surface area contributed by atoms with Crippen molar-refractivity contribution >= 4 is 0 Å². The lowest BCUT2D eigenvalue weighted by molar-refractivity contribution is 0.0196. The van der Waals surface area contributed by atoms with Gasteiger partial charge in [-0.1, -0.05) is 32.9 Å². The van der Waals surface area contributed by atoms with E-state index in [9.17, 15) is 0 Å². The second-order valence-corrected chi connectivity index (χ2v) is 4.52. The van der Waals surface area contributed by atoms with Crippen molar-refractivity contribution in [3.8, 4) is 5.75 Å². The van der Waals surface area contributed by atoms with Crippen molar-refractivity contribution in [3.05, 3.63) is 29.8 Å². The number of hydroxylamine groups is 1. The van der Waals surface area contributed by atoms with Crippen LogP contribution >= 0.6 is 0 Å². The molecule has 0 aliphatic rings. The Labute approximate surface area is 104 Å². The second kappa shape index (κ2) is 8.09. The van der Waals surface area contributed by atoms with Gasteiger partial charge in [0.1, 0.15) is 5.75 Å². The lowest BCUT2D eigenvalue weighted by atomic mass is 10.2. The predicted octanol–water partition coefficient (Wildman–Crippen LogP) is 3.15. The Kier molecular flexibility index (Phi) is 6.67. The van der Waals surface area contributed by atoms with Crippen molar-refractivity contribution in [2.24, 2.45) is 5.92 Å². The number of hydrogen-bond donors (Lipinski definition) is 1. The molecule has 0 spiro atoms. The van der Waals surface area contributed by atoms with Gasteiger partial charge in [-0.2, -0.15) is 5.48 Å². The first-order valence-electron chi connectivity index (χ1n) is 6.28. The summed E-state index contributed by atoms with van der Waals surface area (Å²) in [7, 11) is 0. The molecule has 1 aromatic rings. The summed E-state index contributed by atoms with van der Waals surface area (Å²) in [4.78, 5) is 5.33. The van der Waals surface area contributed by atoms with Gasteiger partial charge in [-0.3, -0.25) is 0 Å². The smallest absolute Gasteiger partial charge is 0.119 e. The molecule has 17 heavy (non-hydrogen) atoms. The average molecular weight is 237 g/mol. The minimum Gasteiger partial charge on any atom is -0.494 e. The molecule has 0 unspecified atom stereocenters. The first-order valence-corrected chi connectivity index (χ1v) is 6.28. The van der Waals surface area contributed by atoms with E-state index in [0.717, 1.165) is 25.4 Å². The van der Waals surface area contributed by atoms with E-state index in [1.54, 1.807) is 0 Å². The van der Waals surface area contributed by atoms with Crippen molar-refractivity contribution in [2.45, 2.75) is 33.7 Å². The summed E-state index contributed by atoms with van der Waals surface area (Å²) in [6.45, 7) is 8.55. The molecule has 0 heterocycles. The molecule has 0 aromatic heterocycles. The summed E-state index contributed by atoms with van der Waals surface area (Å²) in [6.07, 6.45) is 1.03. The lowest BCUT2D eigenvalue weighted by Crippen LogP contribution is -2.17. The molecule has 0 aliphatic heterocycles. The van der Waals surface area contributed by atoms with E-state index in [4.69, 9.17) is 9.57 Å². The Morgan fingerprint density at radius 2 is 2.12 bits per heavy atom. The highest BCUT2D eigenvalue weighted by atomic mass is 16.6. The van der Waals surface area contributed by atoms with Crippen molar-refractivity contribution in [2.75, 3.05) is 13.2 Å². The highest BCUT2D eigenvalue weighted by Crippen LogP contribution is 2.13. The third-order valence-electron chi connectivity index (χ3n) is 2.17. The fourth-order valence-electron chi connectivity index (χ4n) is 1.33. The highest BCUT2D eigenvalue weighted by Gasteiger charge is 1.98. The molecule has 0 aliphatic carbocycles. The normalized spacial score (nSPS) is 10.8. The minimum absolute atomic E-state index is 0.543. The molecule has 0 fully saturated rings. The molecule has 0 radical (unpaired) electrons. The number of hydrogen-bond acceptors (Lipinski definition) is 3. The van der Waals surface area contributed by atoms with E-state index in [1.165, 1.54) is 5.56 Å². The van der Waals surface area contributed by atoms with Crippen LogP contribution in [-0.4, -0.2) is 13.2 Å². The van der Waals surface area contributed by atoms with Gasteiger partial charge in [-0.15, -0.1) is 0 Å². The van der Waals surface area contributed by atoms with Crippen LogP contribution in [0.15, 0.2) is 24.3 Å². The van der Waals surface area contributed by atoms with E-state index in [2.05, 4.69) is 32.3 Å². The van der Waals surface area contributed by atoms with Crippen molar-refractivity contribution in [1.82, 2.24) is 5.48 Å². The Bertz CT molecular complexity index is 313. The number of rotatable bonds is 8. The van der Waals surface area contributed by atoms with E-state index in [1.807, 2.05) is 18.2 Å². The third kappa shape index (κ3) is 6.29. The van der Waals surface area contributed by atoms with Gasteiger partial charge in [0, 0.05) is 6.54 Å². The van der Waals surface area contributed by atoms with Gasteiger partial charge in [-0.25, -0.2) is 0 Å². The monoisotopic (exact) mass is 237 g/mol. The Hall–Kier alpha value is -1.06. The van der Waals surface area contributed by atoms with E-state index in [0.29, 0.717) is 12.5 Å². The summed E-state index contributed by atoms with van der Waals surface area (Å²) >= 11 is 0. The van der Waals surface area contributed by atoms with E-state index < -0.39 is 0 Å². The van der Waals surface area contributed by atoms with Gasteiger partial charge in [0.25, 0.3) is 0 Å². The molecule has 1 rings (SSSR count). The summed E-state index contributed by atoms with van der Waals surface area (Å²) in [5.41, 5.74) is 4.13. The molecule has 0 amide bonds. The van der Waals surface area contributed by atoms with Crippen molar-refractivity contribution < 1.29 is 9.57 Å². The van der Waals surface area contributed by atoms with Crippen LogP contribution in [0.25, 0.3) is 0 Å². The molecule has 0 bridgehead atoms. The second-order valence-electron chi connectivity index (χ2n) is 4.52. The van der Waals surface area contributed by atoms with Crippen LogP contribution in [0.4, 0.5) is 0 Å². The summed E-state index contributed by atoms with van der Waals surface area (Å²) in [5, 5.41) is 0. The molecular formula is C14H23NO2. The average Bonchev–Trinajstić information content (AvgIpc) is 2.32. The molecule has 96 valence electrons. The zero-order chi connectivity index (χ0) is 12.5. The molecule has 1 N–H and O–H groups in total. The quantitative estimate of drug-likeness (QED) is 0.556. The van der Waals surface area contributed by atoms with E-state index >= 15 is 0 Å². The molecule has 1 aromatic carbocycles. The van der Waals surface area contributed by atoms with Crippen LogP contribution in [0.2, 0.25) is 0 Å². The zero-order valence-corrected chi connectivity index (χ0v) is 11.0. The third-order valence-corrected chi connectivity index (χ3v) is 2.17. The molecule has 3 nitrogen and oxygen atoms in total. The van der Waals surface area contributed by atoms with Gasteiger partial charge in [0.05, 0.1) is 13.2 Å². The maximum absolute atomic E-state index is 5.57. The first kappa shape index (κ1) is 14.0. The zero-order valence-electron chi connectivity index (χ0n) is 11.0. The molecule has 3 heteroatoms. The fraction of sp³-hybridized carbons (Fsp3) is 0.571. The largest absolute Gasteiger partial charge is 0.494 e. The van der Waals surface area contributed by atoms with Gasteiger partial charge in [-0.05, 0) is 30.0 Å². The molecule has 0 atom stereocenters. The predicted molar refractivity (Wildman–Crippen MR) is 69.9 cm³/mol. The van der Waals surface area contributed by atoms with Crippen molar-refractivity contribution in [3.63, 3.8) is 0 Å². The van der Waals surface area contributed by atoms with Crippen molar-refractivity contribution in [1.29, 1.82) is 0 Å². The summed E-state index contributed by atoms with van der Waals surface area (Å²) < 4.78 is 5.57. The number of nitrogens with one attached hydrogen (secondary N) is 1. The first-order chi connectivity index (χ1) is 8.22. The van der Waals surface area contributed by atoms with Gasteiger partial charge in [0.2, 0.25) is 0 Å². The van der Waals surface area contributed by atoms with Crippen LogP contribution in [-0.2, 0) is 11.4 Å². The Morgan fingerprint density at radius 3 is 2.82 bits per heavy atom. The van der Waals surface area contributed by atoms with Crippen LogP contribution in [0.3, 0.4) is 0 Å².